The SMILES string of the molecule is Cc1cc(C(Cl)C2CCC(C(C)(C)C)CC2)c(Cl)cc1F. The molecule has 0 aromatic heterocycles. The summed E-state index contributed by atoms with van der Waals surface area (Å²) in [6, 6.07) is 3.20. The summed E-state index contributed by atoms with van der Waals surface area (Å²) in [4.78, 5) is 0. The third kappa shape index (κ3) is 3.93. The summed E-state index contributed by atoms with van der Waals surface area (Å²) >= 11 is 12.9. The van der Waals surface area contributed by atoms with Crippen LogP contribution in [0.2, 0.25) is 5.02 Å². The molecule has 0 radical (unpaired) electrons. The molecule has 3 heteroatoms. The summed E-state index contributed by atoms with van der Waals surface area (Å²) in [5.41, 5.74) is 1.87. The van der Waals surface area contributed by atoms with E-state index in [1.54, 1.807) is 6.92 Å². The number of hydrogen-bond donors (Lipinski definition) is 0. The number of rotatable bonds is 2. The van der Waals surface area contributed by atoms with Gasteiger partial charge in [0, 0.05) is 5.02 Å². The van der Waals surface area contributed by atoms with E-state index in [-0.39, 0.29) is 11.2 Å². The Morgan fingerprint density at radius 2 is 1.71 bits per heavy atom. The first kappa shape index (κ1) is 17.1. The number of benzene rings is 1. The van der Waals surface area contributed by atoms with E-state index in [2.05, 4.69) is 20.8 Å². The van der Waals surface area contributed by atoms with E-state index in [9.17, 15) is 4.39 Å². The molecule has 0 aliphatic heterocycles. The lowest BCUT2D eigenvalue weighted by molar-refractivity contribution is 0.148. The van der Waals surface area contributed by atoms with Gasteiger partial charge in [-0.25, -0.2) is 4.39 Å². The molecule has 1 aliphatic rings. The molecule has 1 fully saturated rings. The Bertz CT molecular complexity index is 497. The Kier molecular flexibility index (Phi) is 5.26. The fourth-order valence-corrected chi connectivity index (χ4v) is 4.18. The van der Waals surface area contributed by atoms with Gasteiger partial charge in [-0.3, -0.25) is 0 Å². The molecule has 0 saturated heterocycles. The highest BCUT2D eigenvalue weighted by atomic mass is 35.5. The van der Waals surface area contributed by atoms with Gasteiger partial charge in [-0.05, 0) is 67.1 Å². The summed E-state index contributed by atoms with van der Waals surface area (Å²) in [5.74, 6) is 0.944. The van der Waals surface area contributed by atoms with Crippen molar-refractivity contribution in [2.45, 2.75) is 58.8 Å². The topological polar surface area (TPSA) is 0 Å². The Labute approximate surface area is 138 Å². The molecular formula is C18H25Cl2F. The van der Waals surface area contributed by atoms with Crippen molar-refractivity contribution < 1.29 is 4.39 Å². The Hall–Kier alpha value is -0.270. The van der Waals surface area contributed by atoms with Gasteiger partial charge in [0.1, 0.15) is 5.82 Å². The van der Waals surface area contributed by atoms with Gasteiger partial charge in [0.05, 0.1) is 5.38 Å². The minimum atomic E-state index is -0.260. The average molecular weight is 331 g/mol. The van der Waals surface area contributed by atoms with Crippen LogP contribution >= 0.6 is 23.2 Å². The number of hydrogen-bond acceptors (Lipinski definition) is 0. The number of halogens is 3. The van der Waals surface area contributed by atoms with Crippen LogP contribution in [-0.4, -0.2) is 0 Å². The highest BCUT2D eigenvalue weighted by Gasteiger charge is 2.33. The van der Waals surface area contributed by atoms with Crippen molar-refractivity contribution in [3.63, 3.8) is 0 Å². The summed E-state index contributed by atoms with van der Waals surface area (Å²) in [6.45, 7) is 8.71. The van der Waals surface area contributed by atoms with Crippen molar-refractivity contribution in [1.29, 1.82) is 0 Å². The highest BCUT2D eigenvalue weighted by molar-refractivity contribution is 6.32. The minimum absolute atomic E-state index is 0.113. The monoisotopic (exact) mass is 330 g/mol. The van der Waals surface area contributed by atoms with Gasteiger partial charge in [0.2, 0.25) is 0 Å². The van der Waals surface area contributed by atoms with E-state index in [0.717, 1.165) is 24.3 Å². The first-order valence-corrected chi connectivity index (χ1v) is 8.61. The smallest absolute Gasteiger partial charge is 0.127 e. The summed E-state index contributed by atoms with van der Waals surface area (Å²) in [5, 5.41) is 0.341. The predicted molar refractivity (Wildman–Crippen MR) is 89.6 cm³/mol. The molecule has 1 aromatic carbocycles. The number of aryl methyl sites for hydroxylation is 1. The van der Waals surface area contributed by atoms with Gasteiger partial charge in [0.25, 0.3) is 0 Å². The van der Waals surface area contributed by atoms with E-state index >= 15 is 0 Å². The molecule has 21 heavy (non-hydrogen) atoms. The zero-order chi connectivity index (χ0) is 15.8. The summed E-state index contributed by atoms with van der Waals surface area (Å²) < 4.78 is 13.5. The first-order chi connectivity index (χ1) is 9.70. The number of alkyl halides is 1. The van der Waals surface area contributed by atoms with Crippen LogP contribution in [0.15, 0.2) is 12.1 Å². The molecule has 0 spiro atoms. The molecule has 118 valence electrons. The van der Waals surface area contributed by atoms with E-state index < -0.39 is 0 Å². The average Bonchev–Trinajstić information content (AvgIpc) is 2.41. The minimum Gasteiger partial charge on any atom is -0.207 e. The van der Waals surface area contributed by atoms with E-state index in [1.807, 2.05) is 6.07 Å². The van der Waals surface area contributed by atoms with Gasteiger partial charge < -0.3 is 0 Å². The van der Waals surface area contributed by atoms with Crippen molar-refractivity contribution in [2.75, 3.05) is 0 Å². The van der Waals surface area contributed by atoms with Crippen LogP contribution in [0.4, 0.5) is 4.39 Å². The van der Waals surface area contributed by atoms with Gasteiger partial charge >= 0.3 is 0 Å². The lowest BCUT2D eigenvalue weighted by atomic mass is 9.69. The maximum atomic E-state index is 13.5. The van der Waals surface area contributed by atoms with Crippen molar-refractivity contribution in [3.05, 3.63) is 34.1 Å². The van der Waals surface area contributed by atoms with Crippen LogP contribution in [0.3, 0.4) is 0 Å². The third-order valence-corrected chi connectivity index (χ3v) is 5.90. The molecule has 0 amide bonds. The molecule has 0 N–H and O–H groups in total. The molecule has 1 aromatic rings. The van der Waals surface area contributed by atoms with Crippen LogP contribution in [0.25, 0.3) is 0 Å². The third-order valence-electron chi connectivity index (χ3n) is 4.99. The molecule has 0 heterocycles. The second kappa shape index (κ2) is 6.46. The Morgan fingerprint density at radius 3 is 2.24 bits per heavy atom. The van der Waals surface area contributed by atoms with Crippen molar-refractivity contribution >= 4 is 23.2 Å². The molecule has 0 bridgehead atoms. The maximum Gasteiger partial charge on any atom is 0.127 e. The first-order valence-electron chi connectivity index (χ1n) is 7.79. The van der Waals surface area contributed by atoms with Crippen molar-refractivity contribution in [2.24, 2.45) is 17.3 Å². The Balaban J connectivity index is 2.09. The Morgan fingerprint density at radius 1 is 1.14 bits per heavy atom. The quantitative estimate of drug-likeness (QED) is 0.516. The largest absolute Gasteiger partial charge is 0.207 e. The maximum absolute atomic E-state index is 13.5. The van der Waals surface area contributed by atoms with Crippen LogP contribution in [0, 0.1) is 30.0 Å². The molecule has 1 unspecified atom stereocenters. The van der Waals surface area contributed by atoms with Crippen LogP contribution < -0.4 is 0 Å². The van der Waals surface area contributed by atoms with Crippen LogP contribution in [0.5, 0.6) is 0 Å². The van der Waals surface area contributed by atoms with Crippen molar-refractivity contribution in [3.8, 4) is 0 Å². The lowest BCUT2D eigenvalue weighted by Crippen LogP contribution is -2.27. The van der Waals surface area contributed by atoms with Gasteiger partial charge in [-0.2, -0.15) is 0 Å². The highest BCUT2D eigenvalue weighted by Crippen LogP contribution is 2.46. The fourth-order valence-electron chi connectivity index (χ4n) is 3.42. The lowest BCUT2D eigenvalue weighted by Gasteiger charge is -2.38. The van der Waals surface area contributed by atoms with Crippen LogP contribution in [-0.2, 0) is 0 Å². The molecule has 1 saturated carbocycles. The fraction of sp³-hybridized carbons (Fsp3) is 0.667. The molecule has 1 aliphatic carbocycles. The van der Waals surface area contributed by atoms with E-state index in [1.165, 1.54) is 18.9 Å². The molecular weight excluding hydrogens is 306 g/mol. The van der Waals surface area contributed by atoms with Gasteiger partial charge in [-0.15, -0.1) is 11.6 Å². The van der Waals surface area contributed by atoms with Crippen molar-refractivity contribution in [1.82, 2.24) is 0 Å². The normalized spacial score (nSPS) is 24.9. The second-order valence-electron chi connectivity index (χ2n) is 7.50. The van der Waals surface area contributed by atoms with Gasteiger partial charge in [-0.1, -0.05) is 38.4 Å². The second-order valence-corrected chi connectivity index (χ2v) is 8.38. The standard InChI is InChI=1S/C18H25Cl2F/c1-11-9-14(15(19)10-16(11)21)17(20)12-5-7-13(8-6-12)18(2,3)4/h9-10,12-13,17H,5-8H2,1-4H3. The van der Waals surface area contributed by atoms with Gasteiger partial charge in [0.15, 0.2) is 0 Å². The molecule has 1 atom stereocenters. The predicted octanol–water partition coefficient (Wildman–Crippen LogP) is 6.92. The van der Waals surface area contributed by atoms with E-state index in [4.69, 9.17) is 23.2 Å². The van der Waals surface area contributed by atoms with Crippen LogP contribution in [0.1, 0.15) is 63.0 Å². The molecule has 2 rings (SSSR count). The summed E-state index contributed by atoms with van der Waals surface area (Å²) in [6.07, 6.45) is 4.69. The zero-order valence-electron chi connectivity index (χ0n) is 13.3. The molecule has 0 nitrogen and oxygen atoms in total. The summed E-state index contributed by atoms with van der Waals surface area (Å²) in [7, 11) is 0. The zero-order valence-corrected chi connectivity index (χ0v) is 14.9. The van der Waals surface area contributed by atoms with E-state index in [0.29, 0.717) is 21.9 Å².